The normalized spacial score (nSPS) is 11.2. The third-order valence-corrected chi connectivity index (χ3v) is 4.23. The second kappa shape index (κ2) is 5.69. The van der Waals surface area contributed by atoms with Crippen molar-refractivity contribution in [2.45, 2.75) is 0 Å². The van der Waals surface area contributed by atoms with Crippen LogP contribution in [0.1, 0.15) is 10.4 Å². The molecule has 8 heteroatoms. The van der Waals surface area contributed by atoms with Crippen molar-refractivity contribution in [2.75, 3.05) is 19.8 Å². The fraction of sp³-hybridized carbons (Fsp3) is 0.111. The van der Waals surface area contributed by atoms with Gasteiger partial charge in [-0.15, -0.1) is 0 Å². The zero-order valence-corrected chi connectivity index (χ0v) is 14.2. The zero-order chi connectivity index (χ0) is 18.4. The lowest BCUT2D eigenvalue weighted by atomic mass is 10.1. The molecule has 0 spiro atoms. The number of hydrogen-bond acceptors (Lipinski definition) is 5. The van der Waals surface area contributed by atoms with E-state index in [1.165, 1.54) is 4.90 Å². The quantitative estimate of drug-likeness (QED) is 0.509. The van der Waals surface area contributed by atoms with Crippen LogP contribution in [-0.4, -0.2) is 44.8 Å². The number of aromatic nitrogens is 4. The minimum Gasteiger partial charge on any atom is -0.397 e. The predicted octanol–water partition coefficient (Wildman–Crippen LogP) is 1.75. The molecule has 0 saturated heterocycles. The van der Waals surface area contributed by atoms with E-state index in [9.17, 15) is 9.59 Å². The molecule has 130 valence electrons. The van der Waals surface area contributed by atoms with Gasteiger partial charge in [0.2, 0.25) is 0 Å². The Labute approximate surface area is 147 Å². The van der Waals surface area contributed by atoms with Gasteiger partial charge in [-0.25, -0.2) is 4.98 Å². The number of hydrogen-bond donors (Lipinski definition) is 3. The number of amides is 1. The van der Waals surface area contributed by atoms with Crippen molar-refractivity contribution >= 4 is 33.5 Å². The van der Waals surface area contributed by atoms with E-state index < -0.39 is 0 Å². The molecule has 8 nitrogen and oxygen atoms in total. The van der Waals surface area contributed by atoms with E-state index in [2.05, 4.69) is 19.9 Å². The Kier molecular flexibility index (Phi) is 3.47. The number of rotatable bonds is 2. The first-order chi connectivity index (χ1) is 12.5. The summed E-state index contributed by atoms with van der Waals surface area (Å²) in [6, 6.07) is 6.89. The number of anilines is 1. The Bertz CT molecular complexity index is 1220. The standard InChI is InChI=1S/C18H16N6O2/c1-24(2)18(26)9-3-4-11-12(7-9)22-16(21-11)14-15(19)10-5-6-20-8-13(10)23-17(14)25/h3-8H,1-2H3,(H,21,22)(H3,19,23,25). The van der Waals surface area contributed by atoms with Crippen molar-refractivity contribution in [2.24, 2.45) is 0 Å². The molecule has 3 heterocycles. The van der Waals surface area contributed by atoms with Crippen LogP contribution in [0.15, 0.2) is 41.5 Å². The van der Waals surface area contributed by atoms with E-state index in [-0.39, 0.29) is 17.0 Å². The molecule has 26 heavy (non-hydrogen) atoms. The molecule has 0 bridgehead atoms. The lowest BCUT2D eigenvalue weighted by molar-refractivity contribution is 0.0828. The second-order valence-electron chi connectivity index (χ2n) is 6.18. The summed E-state index contributed by atoms with van der Waals surface area (Å²) in [4.78, 5) is 40.5. The third-order valence-electron chi connectivity index (χ3n) is 4.23. The minimum absolute atomic E-state index is 0.112. The maximum Gasteiger partial charge on any atom is 0.261 e. The molecule has 0 saturated carbocycles. The largest absolute Gasteiger partial charge is 0.397 e. The average Bonchev–Trinajstić information content (AvgIpc) is 3.03. The molecule has 1 aromatic carbocycles. The van der Waals surface area contributed by atoms with Gasteiger partial charge in [0.25, 0.3) is 11.5 Å². The van der Waals surface area contributed by atoms with E-state index in [0.29, 0.717) is 39.0 Å². The molecule has 4 N–H and O–H groups in total. The fourth-order valence-electron chi connectivity index (χ4n) is 2.93. The van der Waals surface area contributed by atoms with Crippen molar-refractivity contribution in [3.8, 4) is 11.4 Å². The van der Waals surface area contributed by atoms with E-state index >= 15 is 0 Å². The molecular formula is C18H16N6O2. The number of pyridine rings is 2. The maximum atomic E-state index is 12.5. The monoisotopic (exact) mass is 348 g/mol. The maximum absolute atomic E-state index is 12.5. The number of nitrogens with zero attached hydrogens (tertiary/aromatic N) is 3. The van der Waals surface area contributed by atoms with E-state index in [1.54, 1.807) is 50.8 Å². The molecule has 4 aromatic rings. The number of nitrogens with two attached hydrogens (primary N) is 1. The summed E-state index contributed by atoms with van der Waals surface area (Å²) in [6.45, 7) is 0. The Morgan fingerprint density at radius 1 is 1.15 bits per heavy atom. The highest BCUT2D eigenvalue weighted by Crippen LogP contribution is 2.27. The summed E-state index contributed by atoms with van der Waals surface area (Å²) in [6.07, 6.45) is 3.16. The van der Waals surface area contributed by atoms with Crippen molar-refractivity contribution in [1.29, 1.82) is 0 Å². The number of nitrogens with one attached hydrogen (secondary N) is 2. The third kappa shape index (κ3) is 2.39. The van der Waals surface area contributed by atoms with Gasteiger partial charge in [0, 0.05) is 31.2 Å². The highest BCUT2D eigenvalue weighted by atomic mass is 16.2. The van der Waals surface area contributed by atoms with Gasteiger partial charge >= 0.3 is 0 Å². The second-order valence-corrected chi connectivity index (χ2v) is 6.18. The minimum atomic E-state index is -0.355. The smallest absolute Gasteiger partial charge is 0.261 e. The Morgan fingerprint density at radius 2 is 1.96 bits per heavy atom. The number of benzene rings is 1. The SMILES string of the molecule is CN(C)C(=O)c1ccc2nc(-c3c(N)c4ccncc4[nH]c3=O)[nH]c2c1. The summed E-state index contributed by atoms with van der Waals surface area (Å²) < 4.78 is 0. The van der Waals surface area contributed by atoms with Crippen LogP contribution < -0.4 is 11.3 Å². The van der Waals surface area contributed by atoms with Crippen LogP contribution in [0.5, 0.6) is 0 Å². The number of aromatic amines is 2. The summed E-state index contributed by atoms with van der Waals surface area (Å²) in [5.41, 5.74) is 8.85. The molecule has 4 rings (SSSR count). The molecule has 0 atom stereocenters. The summed E-state index contributed by atoms with van der Waals surface area (Å²) in [5, 5.41) is 0.693. The molecule has 0 fully saturated rings. The van der Waals surface area contributed by atoms with Crippen molar-refractivity contribution < 1.29 is 4.79 Å². The first kappa shape index (κ1) is 15.8. The van der Waals surface area contributed by atoms with Gasteiger partial charge in [-0.2, -0.15) is 0 Å². The predicted molar refractivity (Wildman–Crippen MR) is 99.9 cm³/mol. The summed E-state index contributed by atoms with van der Waals surface area (Å²) in [5.74, 6) is 0.241. The van der Waals surface area contributed by atoms with Gasteiger partial charge in [0.1, 0.15) is 11.4 Å². The molecule has 0 aliphatic heterocycles. The van der Waals surface area contributed by atoms with Crippen LogP contribution in [0.4, 0.5) is 5.69 Å². The number of fused-ring (bicyclic) bond motifs is 2. The zero-order valence-electron chi connectivity index (χ0n) is 14.2. The Hall–Kier alpha value is -3.68. The van der Waals surface area contributed by atoms with Gasteiger partial charge in [-0.1, -0.05) is 0 Å². The molecule has 0 radical (unpaired) electrons. The number of nitrogen functional groups attached to an aromatic ring is 1. The lowest BCUT2D eigenvalue weighted by Crippen LogP contribution is -2.21. The molecular weight excluding hydrogens is 332 g/mol. The van der Waals surface area contributed by atoms with Crippen molar-refractivity contribution in [3.63, 3.8) is 0 Å². The summed E-state index contributed by atoms with van der Waals surface area (Å²) in [7, 11) is 3.38. The number of H-pyrrole nitrogens is 2. The highest BCUT2D eigenvalue weighted by Gasteiger charge is 2.17. The van der Waals surface area contributed by atoms with Gasteiger partial charge in [0.05, 0.1) is 28.4 Å². The first-order valence-corrected chi connectivity index (χ1v) is 7.93. The Balaban J connectivity index is 1.91. The Morgan fingerprint density at radius 3 is 2.73 bits per heavy atom. The van der Waals surface area contributed by atoms with Gasteiger partial charge in [-0.3, -0.25) is 14.6 Å². The van der Waals surface area contributed by atoms with Crippen LogP contribution in [-0.2, 0) is 0 Å². The molecule has 0 aliphatic carbocycles. The van der Waals surface area contributed by atoms with Gasteiger partial charge < -0.3 is 20.6 Å². The van der Waals surface area contributed by atoms with Crippen LogP contribution in [0.3, 0.4) is 0 Å². The lowest BCUT2D eigenvalue weighted by Gasteiger charge is -2.09. The van der Waals surface area contributed by atoms with Crippen molar-refractivity contribution in [1.82, 2.24) is 24.8 Å². The molecule has 0 unspecified atom stereocenters. The molecule has 0 aliphatic rings. The van der Waals surface area contributed by atoms with Gasteiger partial charge in [0.15, 0.2) is 0 Å². The number of carbonyl (C=O) groups excluding carboxylic acids is 1. The van der Waals surface area contributed by atoms with Gasteiger partial charge in [-0.05, 0) is 24.3 Å². The van der Waals surface area contributed by atoms with Crippen LogP contribution in [0.25, 0.3) is 33.3 Å². The van der Waals surface area contributed by atoms with E-state index in [1.807, 2.05) is 0 Å². The summed E-state index contributed by atoms with van der Waals surface area (Å²) >= 11 is 0. The van der Waals surface area contributed by atoms with Crippen molar-refractivity contribution in [3.05, 3.63) is 52.6 Å². The molecule has 3 aromatic heterocycles. The van der Waals surface area contributed by atoms with Crippen LogP contribution in [0, 0.1) is 0 Å². The van der Waals surface area contributed by atoms with Crippen LogP contribution in [0.2, 0.25) is 0 Å². The topological polar surface area (TPSA) is 121 Å². The number of carbonyl (C=O) groups is 1. The van der Waals surface area contributed by atoms with E-state index in [0.717, 1.165) is 0 Å². The van der Waals surface area contributed by atoms with Crippen LogP contribution >= 0.6 is 0 Å². The molecule has 1 amide bonds. The number of imidazole rings is 1. The van der Waals surface area contributed by atoms with E-state index in [4.69, 9.17) is 5.73 Å². The average molecular weight is 348 g/mol. The fourth-order valence-corrected chi connectivity index (χ4v) is 2.93. The first-order valence-electron chi connectivity index (χ1n) is 7.93. The highest BCUT2D eigenvalue weighted by molar-refractivity contribution is 5.99.